The van der Waals surface area contributed by atoms with Gasteiger partial charge in [-0.25, -0.2) is 0 Å². The van der Waals surface area contributed by atoms with Crippen LogP contribution in [0, 0.1) is 0 Å². The summed E-state index contributed by atoms with van der Waals surface area (Å²) in [6, 6.07) is 0. The Bertz CT molecular complexity index is 1120. The van der Waals surface area contributed by atoms with E-state index in [1.807, 2.05) is 0 Å². The van der Waals surface area contributed by atoms with Gasteiger partial charge in [0.15, 0.2) is 6.10 Å². The Morgan fingerprint density at radius 2 is 0.607 bits per heavy atom. The molecule has 0 aromatic heterocycles. The van der Waals surface area contributed by atoms with Crippen molar-refractivity contribution < 1.29 is 28.6 Å². The highest BCUT2D eigenvalue weighted by Crippen LogP contribution is 2.14. The predicted molar refractivity (Wildman–Crippen MR) is 261 cm³/mol. The molecule has 0 rings (SSSR count). The quantitative estimate of drug-likeness (QED) is 0.0263. The molecule has 0 saturated heterocycles. The fourth-order valence-corrected chi connectivity index (χ4v) is 7.00. The molecular weight excluding hydrogens is 757 g/mol. The molecule has 0 spiro atoms. The number of esters is 3. The third kappa shape index (κ3) is 48.0. The highest BCUT2D eigenvalue weighted by atomic mass is 16.6. The molecule has 0 saturated carbocycles. The van der Waals surface area contributed by atoms with E-state index in [2.05, 4.69) is 81.5 Å². The molecule has 0 heterocycles. The van der Waals surface area contributed by atoms with Crippen LogP contribution >= 0.6 is 0 Å². The van der Waals surface area contributed by atoms with E-state index in [0.717, 1.165) is 96.3 Å². The highest BCUT2D eigenvalue weighted by Gasteiger charge is 2.19. The van der Waals surface area contributed by atoms with E-state index in [1.165, 1.54) is 116 Å². The Labute approximate surface area is 377 Å². The molecule has 6 nitrogen and oxygen atoms in total. The van der Waals surface area contributed by atoms with Crippen LogP contribution in [0.2, 0.25) is 0 Å². The van der Waals surface area contributed by atoms with Crippen molar-refractivity contribution in [1.82, 2.24) is 0 Å². The largest absolute Gasteiger partial charge is 0.462 e. The second kappa shape index (κ2) is 49.8. The Balaban J connectivity index is 4.33. The summed E-state index contributed by atoms with van der Waals surface area (Å²) in [7, 11) is 0. The fourth-order valence-electron chi connectivity index (χ4n) is 7.00. The average molecular weight is 853 g/mol. The molecular formula is C55H96O6. The summed E-state index contributed by atoms with van der Waals surface area (Å²) >= 11 is 0. The molecule has 0 bridgehead atoms. The summed E-state index contributed by atoms with van der Waals surface area (Å²) in [6.45, 7) is 6.52. The van der Waals surface area contributed by atoms with Crippen molar-refractivity contribution in [2.75, 3.05) is 13.2 Å². The maximum absolute atomic E-state index is 12.7. The minimum Gasteiger partial charge on any atom is -0.462 e. The van der Waals surface area contributed by atoms with Crippen LogP contribution in [-0.4, -0.2) is 37.2 Å². The van der Waals surface area contributed by atoms with Crippen molar-refractivity contribution in [3.63, 3.8) is 0 Å². The van der Waals surface area contributed by atoms with Crippen molar-refractivity contribution in [3.8, 4) is 0 Å². The molecule has 0 aromatic rings. The van der Waals surface area contributed by atoms with Crippen molar-refractivity contribution in [2.24, 2.45) is 0 Å². The van der Waals surface area contributed by atoms with Crippen LogP contribution in [0.3, 0.4) is 0 Å². The topological polar surface area (TPSA) is 78.9 Å². The molecule has 1 atom stereocenters. The van der Waals surface area contributed by atoms with E-state index in [-0.39, 0.29) is 31.1 Å². The van der Waals surface area contributed by atoms with Crippen LogP contribution in [0.15, 0.2) is 60.8 Å². The summed E-state index contributed by atoms with van der Waals surface area (Å²) in [5, 5.41) is 0. The number of hydrogen-bond acceptors (Lipinski definition) is 6. The van der Waals surface area contributed by atoms with Crippen LogP contribution in [0.25, 0.3) is 0 Å². The molecule has 0 aromatic carbocycles. The van der Waals surface area contributed by atoms with Gasteiger partial charge in [0.25, 0.3) is 0 Å². The monoisotopic (exact) mass is 853 g/mol. The van der Waals surface area contributed by atoms with Gasteiger partial charge in [-0.3, -0.25) is 14.4 Å². The van der Waals surface area contributed by atoms with Crippen LogP contribution in [-0.2, 0) is 28.6 Å². The number of carbonyl (C=O) groups is 3. The Morgan fingerprint density at radius 3 is 0.984 bits per heavy atom. The molecule has 0 radical (unpaired) electrons. The minimum absolute atomic E-state index is 0.0865. The van der Waals surface area contributed by atoms with Crippen molar-refractivity contribution in [3.05, 3.63) is 60.8 Å². The zero-order valence-electron chi connectivity index (χ0n) is 40.2. The van der Waals surface area contributed by atoms with Crippen molar-refractivity contribution in [2.45, 2.75) is 258 Å². The van der Waals surface area contributed by atoms with Crippen LogP contribution in [0.4, 0.5) is 0 Å². The third-order valence-corrected chi connectivity index (χ3v) is 11.0. The number of ether oxygens (including phenoxy) is 3. The lowest BCUT2D eigenvalue weighted by Gasteiger charge is -2.18. The van der Waals surface area contributed by atoms with Gasteiger partial charge >= 0.3 is 17.9 Å². The van der Waals surface area contributed by atoms with E-state index in [4.69, 9.17) is 14.2 Å². The fraction of sp³-hybridized carbons (Fsp3) is 0.764. The van der Waals surface area contributed by atoms with Crippen LogP contribution in [0.1, 0.15) is 252 Å². The lowest BCUT2D eigenvalue weighted by molar-refractivity contribution is -0.167. The average Bonchev–Trinajstić information content (AvgIpc) is 3.26. The van der Waals surface area contributed by atoms with Gasteiger partial charge in [-0.15, -0.1) is 0 Å². The Morgan fingerprint density at radius 1 is 0.328 bits per heavy atom. The summed E-state index contributed by atoms with van der Waals surface area (Å²) in [5.74, 6) is -0.917. The van der Waals surface area contributed by atoms with Gasteiger partial charge in [-0.05, 0) is 96.3 Å². The van der Waals surface area contributed by atoms with Gasteiger partial charge < -0.3 is 14.2 Å². The SMILES string of the molecule is CCCC/C=C\CCCCCCCC(=O)OCC(COC(=O)CCCCCCCC/C=C\C/C=C\C/C=C\CCCCCCC)OC(=O)CCCCCCC/C=C\CCCC. The molecule has 61 heavy (non-hydrogen) atoms. The first-order valence-electron chi connectivity index (χ1n) is 25.8. The second-order valence-electron chi connectivity index (χ2n) is 17.1. The summed E-state index contributed by atoms with van der Waals surface area (Å²) in [5.41, 5.74) is 0. The lowest BCUT2D eigenvalue weighted by atomic mass is 10.1. The van der Waals surface area contributed by atoms with Gasteiger partial charge in [-0.2, -0.15) is 0 Å². The maximum atomic E-state index is 12.7. The molecule has 0 amide bonds. The highest BCUT2D eigenvalue weighted by molar-refractivity contribution is 5.71. The van der Waals surface area contributed by atoms with Gasteiger partial charge in [0.1, 0.15) is 13.2 Å². The van der Waals surface area contributed by atoms with Crippen molar-refractivity contribution >= 4 is 17.9 Å². The normalized spacial score (nSPS) is 12.5. The molecule has 0 fully saturated rings. The van der Waals surface area contributed by atoms with Crippen LogP contribution in [0.5, 0.6) is 0 Å². The molecule has 6 heteroatoms. The van der Waals surface area contributed by atoms with Gasteiger partial charge in [0, 0.05) is 19.3 Å². The molecule has 0 aliphatic carbocycles. The number of rotatable bonds is 46. The van der Waals surface area contributed by atoms with E-state index < -0.39 is 6.10 Å². The first-order valence-corrected chi connectivity index (χ1v) is 25.8. The minimum atomic E-state index is -0.785. The Kier molecular flexibility index (Phi) is 47.4. The predicted octanol–water partition coefficient (Wildman–Crippen LogP) is 16.9. The summed E-state index contributed by atoms with van der Waals surface area (Å²) in [6.07, 6.45) is 60.6. The zero-order valence-corrected chi connectivity index (χ0v) is 40.2. The molecule has 0 aliphatic rings. The van der Waals surface area contributed by atoms with E-state index >= 15 is 0 Å². The number of carbonyl (C=O) groups excluding carboxylic acids is 3. The van der Waals surface area contributed by atoms with Gasteiger partial charge in [-0.1, -0.05) is 197 Å². The smallest absolute Gasteiger partial charge is 0.306 e. The van der Waals surface area contributed by atoms with Gasteiger partial charge in [0.05, 0.1) is 0 Å². The standard InChI is InChI=1S/C55H96O6/c1-4-7-10-13-16-19-22-23-24-25-26-27-28-29-30-31-34-36-39-42-45-48-54(57)60-51-52(61-55(58)49-46-43-40-37-33-21-18-15-12-9-6-3)50-59-53(56)47-44-41-38-35-32-20-17-14-11-8-5-2/h14-15,17-18,22-23,25-26,28-29,52H,4-13,16,19-21,24,27,30-51H2,1-3H3/b17-14-,18-15-,23-22-,26-25-,29-28-. The van der Waals surface area contributed by atoms with Crippen LogP contribution < -0.4 is 0 Å². The second-order valence-corrected chi connectivity index (χ2v) is 17.1. The number of unbranched alkanes of at least 4 members (excludes halogenated alkanes) is 25. The van der Waals surface area contributed by atoms with E-state index in [1.54, 1.807) is 0 Å². The Hall–Kier alpha value is -2.89. The summed E-state index contributed by atoms with van der Waals surface area (Å²) in [4.78, 5) is 37.9. The van der Waals surface area contributed by atoms with E-state index in [9.17, 15) is 14.4 Å². The first-order chi connectivity index (χ1) is 30.0. The summed E-state index contributed by atoms with van der Waals surface area (Å²) < 4.78 is 16.7. The zero-order chi connectivity index (χ0) is 44.4. The molecule has 352 valence electrons. The molecule has 1 unspecified atom stereocenters. The molecule has 0 aliphatic heterocycles. The maximum Gasteiger partial charge on any atom is 0.306 e. The molecule has 0 N–H and O–H groups in total. The lowest BCUT2D eigenvalue weighted by Crippen LogP contribution is -2.30. The van der Waals surface area contributed by atoms with Gasteiger partial charge in [0.2, 0.25) is 0 Å². The van der Waals surface area contributed by atoms with E-state index in [0.29, 0.717) is 19.3 Å². The number of hydrogen-bond donors (Lipinski definition) is 0. The van der Waals surface area contributed by atoms with Crippen molar-refractivity contribution in [1.29, 1.82) is 0 Å². The third-order valence-electron chi connectivity index (χ3n) is 11.0. The number of allylic oxidation sites excluding steroid dienone is 10. The first kappa shape index (κ1) is 58.1.